The van der Waals surface area contributed by atoms with Crippen LogP contribution in [-0.2, 0) is 18.8 Å². The summed E-state index contributed by atoms with van der Waals surface area (Å²) >= 11 is 4.91. The quantitative estimate of drug-likeness (QED) is 0.539. The third-order valence-corrected chi connectivity index (χ3v) is 6.35. The molecule has 10 nitrogen and oxygen atoms in total. The second-order valence-electron chi connectivity index (χ2n) is 7.82. The largest absolute Gasteiger partial charge is 0.411 e. The normalized spacial score (nSPS) is 18.7. The smallest absolute Gasteiger partial charge is 0.312 e. The van der Waals surface area contributed by atoms with E-state index < -0.39 is 0 Å². The summed E-state index contributed by atoms with van der Waals surface area (Å²) in [6.45, 7) is 2.36. The predicted molar refractivity (Wildman–Crippen MR) is 130 cm³/mol. The number of aromatic nitrogens is 5. The van der Waals surface area contributed by atoms with Crippen LogP contribution in [0.5, 0.6) is 0 Å². The number of fused-ring (bicyclic) bond motifs is 1. The van der Waals surface area contributed by atoms with E-state index in [0.29, 0.717) is 25.1 Å². The number of carbonyl (C=O) groups excluding carboxylic acids is 1. The van der Waals surface area contributed by atoms with Crippen LogP contribution in [0.25, 0.3) is 11.6 Å². The molecular formula is C22H21N8O2PS. The van der Waals surface area contributed by atoms with Gasteiger partial charge in [0.25, 0.3) is 5.89 Å². The van der Waals surface area contributed by atoms with Crippen LogP contribution in [0.4, 0.5) is 0 Å². The monoisotopic (exact) mass is 492 g/mol. The van der Waals surface area contributed by atoms with Crippen molar-refractivity contribution in [1.29, 1.82) is 0 Å². The molecule has 0 radical (unpaired) electrons. The minimum Gasteiger partial charge on any atom is -0.411 e. The molecule has 2 atom stereocenters. The summed E-state index contributed by atoms with van der Waals surface area (Å²) in [4.78, 5) is 27.3. The number of rotatable bonds is 5. The number of amides is 1. The summed E-state index contributed by atoms with van der Waals surface area (Å²) in [5.41, 5.74) is 4.01. The maximum absolute atomic E-state index is 13.5. The highest BCUT2D eigenvalue weighted by Crippen LogP contribution is 2.34. The van der Waals surface area contributed by atoms with Crippen LogP contribution in [0.2, 0.25) is 0 Å². The lowest BCUT2D eigenvalue weighted by Crippen LogP contribution is -2.40. The van der Waals surface area contributed by atoms with Gasteiger partial charge >= 0.3 is 11.8 Å². The lowest BCUT2D eigenvalue weighted by atomic mass is 9.99. The number of H-pyrrole nitrogens is 1. The molecule has 34 heavy (non-hydrogen) atoms. The van der Waals surface area contributed by atoms with Gasteiger partial charge in [0.2, 0.25) is 0 Å². The van der Waals surface area contributed by atoms with Crippen molar-refractivity contribution in [2.24, 2.45) is 4.47 Å². The first kappa shape index (κ1) is 22.2. The van der Waals surface area contributed by atoms with Crippen LogP contribution in [0, 0.1) is 6.92 Å². The van der Waals surface area contributed by atoms with Crippen molar-refractivity contribution in [2.45, 2.75) is 25.8 Å². The molecule has 0 spiro atoms. The van der Waals surface area contributed by atoms with Gasteiger partial charge in [-0.25, -0.2) is 15.0 Å². The van der Waals surface area contributed by atoms with Crippen LogP contribution >= 0.6 is 9.24 Å². The zero-order chi connectivity index (χ0) is 23.7. The molecule has 0 saturated carbocycles. The fourth-order valence-corrected chi connectivity index (χ4v) is 4.57. The molecule has 0 aliphatic carbocycles. The van der Waals surface area contributed by atoms with Gasteiger partial charge in [-0.1, -0.05) is 22.7 Å². The molecular weight excluding hydrogens is 471 g/mol. The molecule has 2 aliphatic heterocycles. The van der Waals surface area contributed by atoms with E-state index in [1.807, 2.05) is 37.3 Å². The average molecular weight is 493 g/mol. The average Bonchev–Trinajstić information content (AvgIpc) is 3.52. The fourth-order valence-electron chi connectivity index (χ4n) is 4.07. The second kappa shape index (κ2) is 9.36. The third-order valence-electron chi connectivity index (χ3n) is 5.69. The van der Waals surface area contributed by atoms with E-state index in [4.69, 9.17) is 16.8 Å². The van der Waals surface area contributed by atoms with Crippen molar-refractivity contribution in [3.05, 3.63) is 82.9 Å². The van der Waals surface area contributed by atoms with E-state index >= 15 is 0 Å². The highest BCUT2D eigenvalue weighted by Gasteiger charge is 2.35. The zero-order valence-electron chi connectivity index (χ0n) is 18.3. The minimum absolute atomic E-state index is 0.0793. The molecule has 1 N–H and O–H groups in total. The number of aryl methyl sites for hydroxylation is 1. The molecule has 5 rings (SSSR count). The SMILES string of the molecule is Cc1cccc(-c2nnc(C(=O)N3CCc4[nH]cnc4[C@@H]3C/C=C3/C(P)=CC=CN3N=S)o2)n1. The second-order valence-corrected chi connectivity index (χ2v) is 8.61. The minimum atomic E-state index is -0.349. The Morgan fingerprint density at radius 2 is 2.29 bits per heavy atom. The summed E-state index contributed by atoms with van der Waals surface area (Å²) in [7, 11) is 2.68. The van der Waals surface area contributed by atoms with Crippen LogP contribution in [0.3, 0.4) is 0 Å². The van der Waals surface area contributed by atoms with Crippen molar-refractivity contribution >= 4 is 27.6 Å². The van der Waals surface area contributed by atoms with Crippen LogP contribution in [-0.4, -0.2) is 47.5 Å². The number of imidazole rings is 1. The van der Waals surface area contributed by atoms with Gasteiger partial charge in [-0.15, -0.1) is 19.4 Å². The Labute approximate surface area is 203 Å². The molecule has 2 aliphatic rings. The van der Waals surface area contributed by atoms with Crippen LogP contribution < -0.4 is 0 Å². The molecule has 1 unspecified atom stereocenters. The van der Waals surface area contributed by atoms with Gasteiger partial charge in [0.1, 0.15) is 5.69 Å². The van der Waals surface area contributed by atoms with E-state index in [1.54, 1.807) is 28.5 Å². The van der Waals surface area contributed by atoms with Gasteiger partial charge in [0.05, 0.1) is 36.2 Å². The first-order valence-corrected chi connectivity index (χ1v) is 11.6. The van der Waals surface area contributed by atoms with Crippen LogP contribution in [0.15, 0.2) is 68.9 Å². The molecule has 0 aromatic carbocycles. The maximum atomic E-state index is 13.5. The molecule has 0 fully saturated rings. The Kier molecular flexibility index (Phi) is 6.12. The molecule has 3 aromatic heterocycles. The summed E-state index contributed by atoms with van der Waals surface area (Å²) in [5.74, 6) is -0.222. The summed E-state index contributed by atoms with van der Waals surface area (Å²) in [6, 6.07) is 5.17. The van der Waals surface area contributed by atoms with E-state index in [-0.39, 0.29) is 23.7 Å². The lowest BCUT2D eigenvalue weighted by molar-refractivity contribution is 0.0616. The highest BCUT2D eigenvalue weighted by atomic mass is 32.1. The number of carbonyl (C=O) groups is 1. The van der Waals surface area contributed by atoms with E-state index in [1.165, 1.54) is 0 Å². The van der Waals surface area contributed by atoms with Gasteiger partial charge in [-0.3, -0.25) is 4.79 Å². The first-order valence-electron chi connectivity index (χ1n) is 10.6. The van der Waals surface area contributed by atoms with Gasteiger partial charge in [-0.2, -0.15) is 0 Å². The number of pyridine rings is 1. The number of nitrogens with zero attached hydrogens (tertiary/aromatic N) is 7. The number of allylic oxidation sites excluding steroid dienone is 3. The molecule has 172 valence electrons. The van der Waals surface area contributed by atoms with Crippen molar-refractivity contribution < 1.29 is 9.21 Å². The van der Waals surface area contributed by atoms with Crippen molar-refractivity contribution in [1.82, 2.24) is 35.1 Å². The number of hydrogen-bond donors (Lipinski definition) is 1. The van der Waals surface area contributed by atoms with E-state index in [2.05, 4.69) is 38.9 Å². The van der Waals surface area contributed by atoms with Crippen molar-refractivity contribution in [2.75, 3.05) is 6.54 Å². The van der Waals surface area contributed by atoms with Crippen LogP contribution in [0.1, 0.15) is 40.2 Å². The van der Waals surface area contributed by atoms with Gasteiger partial charge < -0.3 is 14.3 Å². The Bertz CT molecular complexity index is 1340. The Hall–Kier alpha value is -3.56. The Morgan fingerprint density at radius 3 is 3.12 bits per heavy atom. The predicted octanol–water partition coefficient (Wildman–Crippen LogP) is 3.41. The van der Waals surface area contributed by atoms with E-state index in [9.17, 15) is 4.79 Å². The molecule has 5 heterocycles. The molecule has 1 amide bonds. The molecule has 0 bridgehead atoms. The van der Waals surface area contributed by atoms with E-state index in [0.717, 1.165) is 28.1 Å². The molecule has 0 saturated heterocycles. The van der Waals surface area contributed by atoms with Gasteiger partial charge in [0.15, 0.2) is 0 Å². The van der Waals surface area contributed by atoms with Crippen molar-refractivity contribution in [3.63, 3.8) is 0 Å². The zero-order valence-corrected chi connectivity index (χ0v) is 20.2. The molecule has 12 heteroatoms. The summed E-state index contributed by atoms with van der Waals surface area (Å²) in [6.07, 6.45) is 10.4. The summed E-state index contributed by atoms with van der Waals surface area (Å²) in [5, 5.41) is 10.6. The topological polar surface area (TPSA) is 116 Å². The van der Waals surface area contributed by atoms with Crippen molar-refractivity contribution in [3.8, 4) is 11.6 Å². The lowest BCUT2D eigenvalue weighted by Gasteiger charge is -2.34. The Balaban J connectivity index is 1.44. The number of hydrogen-bond acceptors (Lipinski definition) is 8. The molecule has 3 aromatic rings. The fraction of sp³-hybridized carbons (Fsp3) is 0.227. The number of nitrogens with one attached hydrogen (secondary N) is 1. The first-order chi connectivity index (χ1) is 16.5. The summed E-state index contributed by atoms with van der Waals surface area (Å²) < 4.78 is 9.61. The third kappa shape index (κ3) is 4.20. The standard InChI is InChI=1S/C22H21N8O2PS/c1-13-4-2-5-15(25-13)20-26-27-21(32-20)22(31)29-11-9-14-19(24-12-23-14)17(29)8-7-16-18(33)6-3-10-30(16)28-34/h2-7,10,12,17H,8-9,11,33H2,1H3,(H,23,24)/b16-7-/t17-/m0/s1. The highest BCUT2D eigenvalue weighted by molar-refractivity contribution is 7.47. The van der Waals surface area contributed by atoms with Gasteiger partial charge in [-0.05, 0) is 36.9 Å². The maximum Gasteiger partial charge on any atom is 0.312 e. The Morgan fingerprint density at radius 1 is 1.41 bits per heavy atom. The van der Waals surface area contributed by atoms with Gasteiger partial charge in [0, 0.05) is 30.6 Å². The number of aromatic amines is 1.